The number of nitrogens with one attached hydrogen (secondary N) is 2. The van der Waals surface area contributed by atoms with Crippen LogP contribution in [0.1, 0.15) is 21.5 Å². The molecular weight excluding hydrogens is 404 g/mol. The number of hydrogen-bond acceptors (Lipinski definition) is 4. The van der Waals surface area contributed by atoms with Gasteiger partial charge in [-0.15, -0.1) is 0 Å². The fraction of sp³-hybridized carbons (Fsp3) is 0.318. The number of nitrogens with zero attached hydrogens (tertiary/aromatic N) is 2. The molecule has 2 N–H and O–H groups in total. The minimum Gasteiger partial charge on any atom is -0.340 e. The van der Waals surface area contributed by atoms with Gasteiger partial charge in [-0.1, -0.05) is 48.0 Å². The summed E-state index contributed by atoms with van der Waals surface area (Å²) in [5.74, 6) is -0.698. The third-order valence-electron chi connectivity index (χ3n) is 5.13. The van der Waals surface area contributed by atoms with Gasteiger partial charge in [0.15, 0.2) is 0 Å². The Kier molecular flexibility index (Phi) is 7.43. The van der Waals surface area contributed by atoms with Gasteiger partial charge in [0.1, 0.15) is 0 Å². The lowest BCUT2D eigenvalue weighted by Crippen LogP contribution is -2.53. The summed E-state index contributed by atoms with van der Waals surface area (Å²) < 4.78 is 0. The molecule has 3 rings (SSSR count). The summed E-state index contributed by atoms with van der Waals surface area (Å²) in [5, 5.41) is 0.315. The molecule has 0 bridgehead atoms. The molecule has 8 heteroatoms. The number of amides is 3. The molecule has 3 amide bonds. The molecule has 1 saturated heterocycles. The van der Waals surface area contributed by atoms with Gasteiger partial charge in [-0.3, -0.25) is 30.1 Å². The van der Waals surface area contributed by atoms with E-state index in [1.54, 1.807) is 24.3 Å². The third-order valence-corrected chi connectivity index (χ3v) is 5.46. The zero-order valence-electron chi connectivity index (χ0n) is 16.9. The van der Waals surface area contributed by atoms with Gasteiger partial charge in [-0.05, 0) is 30.2 Å². The molecular formula is C22H25ClN4O3. The predicted molar refractivity (Wildman–Crippen MR) is 115 cm³/mol. The van der Waals surface area contributed by atoms with E-state index >= 15 is 0 Å². The molecule has 0 aromatic heterocycles. The van der Waals surface area contributed by atoms with Crippen molar-refractivity contribution in [3.8, 4) is 0 Å². The lowest BCUT2D eigenvalue weighted by atomic mass is 10.1. The van der Waals surface area contributed by atoms with Crippen LogP contribution in [-0.2, 0) is 16.0 Å². The van der Waals surface area contributed by atoms with E-state index in [4.69, 9.17) is 11.6 Å². The van der Waals surface area contributed by atoms with E-state index in [0.29, 0.717) is 43.2 Å². The summed E-state index contributed by atoms with van der Waals surface area (Å²) in [6.45, 7) is 4.50. The molecule has 0 aliphatic carbocycles. The van der Waals surface area contributed by atoms with Crippen LogP contribution < -0.4 is 10.9 Å². The highest BCUT2D eigenvalue weighted by Gasteiger charge is 2.23. The highest BCUT2D eigenvalue weighted by atomic mass is 35.5. The number of carbonyl (C=O) groups excluding carboxylic acids is 3. The number of rotatable bonds is 5. The average molecular weight is 429 g/mol. The van der Waals surface area contributed by atoms with Crippen LogP contribution in [0, 0.1) is 6.92 Å². The molecule has 0 saturated carbocycles. The van der Waals surface area contributed by atoms with Crippen LogP contribution in [0.3, 0.4) is 0 Å². The lowest BCUT2D eigenvalue weighted by Gasteiger charge is -2.34. The van der Waals surface area contributed by atoms with Crippen LogP contribution in [0.5, 0.6) is 0 Å². The van der Waals surface area contributed by atoms with Crippen LogP contribution in [0.25, 0.3) is 0 Å². The fourth-order valence-electron chi connectivity index (χ4n) is 3.32. The summed E-state index contributed by atoms with van der Waals surface area (Å²) in [4.78, 5) is 40.6. The molecule has 1 aliphatic rings. The minimum absolute atomic E-state index is 0.0976. The van der Waals surface area contributed by atoms with Gasteiger partial charge in [0.05, 0.1) is 23.6 Å². The molecule has 2 aromatic rings. The van der Waals surface area contributed by atoms with E-state index in [1.807, 2.05) is 41.0 Å². The van der Waals surface area contributed by atoms with Gasteiger partial charge in [0.2, 0.25) is 5.91 Å². The van der Waals surface area contributed by atoms with Gasteiger partial charge in [0.25, 0.3) is 11.8 Å². The largest absolute Gasteiger partial charge is 0.340 e. The molecule has 30 heavy (non-hydrogen) atoms. The van der Waals surface area contributed by atoms with E-state index < -0.39 is 5.91 Å². The normalized spacial score (nSPS) is 14.3. The Bertz CT molecular complexity index is 926. The van der Waals surface area contributed by atoms with Crippen molar-refractivity contribution in [2.75, 3.05) is 32.7 Å². The zero-order chi connectivity index (χ0) is 21.5. The van der Waals surface area contributed by atoms with Crippen molar-refractivity contribution >= 4 is 29.3 Å². The summed E-state index contributed by atoms with van der Waals surface area (Å²) in [6, 6.07) is 14.5. The number of carbonyl (C=O) groups is 3. The van der Waals surface area contributed by atoms with Gasteiger partial charge in [-0.25, -0.2) is 0 Å². The van der Waals surface area contributed by atoms with Gasteiger partial charge < -0.3 is 4.90 Å². The van der Waals surface area contributed by atoms with Gasteiger partial charge in [0, 0.05) is 26.2 Å². The molecule has 7 nitrogen and oxygen atoms in total. The number of benzene rings is 2. The maximum Gasteiger partial charge on any atom is 0.271 e. The molecule has 0 unspecified atom stereocenters. The van der Waals surface area contributed by atoms with E-state index in [0.717, 1.165) is 11.1 Å². The lowest BCUT2D eigenvalue weighted by molar-refractivity contribution is -0.132. The number of halogens is 1. The van der Waals surface area contributed by atoms with Crippen LogP contribution in [0.15, 0.2) is 48.5 Å². The molecule has 1 aliphatic heterocycles. The van der Waals surface area contributed by atoms with Crippen LogP contribution in [0.2, 0.25) is 5.02 Å². The van der Waals surface area contributed by atoms with Gasteiger partial charge >= 0.3 is 0 Å². The second-order valence-corrected chi connectivity index (χ2v) is 7.65. The standard InChI is InChI=1S/C22H25ClN4O3/c1-16-6-2-3-7-17(16)14-21(29)27-12-10-26(11-13-27)15-20(28)24-25-22(30)18-8-4-5-9-19(18)23/h2-9H,10-15H2,1H3,(H,24,28)(H,25,30). The molecule has 0 atom stereocenters. The van der Waals surface area contributed by atoms with Crippen LogP contribution in [-0.4, -0.2) is 60.2 Å². The Morgan fingerprint density at radius 2 is 1.60 bits per heavy atom. The molecule has 0 radical (unpaired) electrons. The second kappa shape index (κ2) is 10.2. The Balaban J connectivity index is 1.40. The van der Waals surface area contributed by atoms with Crippen molar-refractivity contribution in [2.24, 2.45) is 0 Å². The number of aryl methyl sites for hydroxylation is 1. The number of hydrogen-bond donors (Lipinski definition) is 2. The number of piperazine rings is 1. The van der Waals surface area contributed by atoms with Crippen molar-refractivity contribution in [1.29, 1.82) is 0 Å². The fourth-order valence-corrected chi connectivity index (χ4v) is 3.54. The first-order valence-corrected chi connectivity index (χ1v) is 10.2. The summed E-state index contributed by atoms with van der Waals surface area (Å²) in [5.41, 5.74) is 7.23. The maximum atomic E-state index is 12.6. The monoisotopic (exact) mass is 428 g/mol. The first kappa shape index (κ1) is 21.8. The van der Waals surface area contributed by atoms with E-state index in [2.05, 4.69) is 10.9 Å². The highest BCUT2D eigenvalue weighted by molar-refractivity contribution is 6.33. The zero-order valence-corrected chi connectivity index (χ0v) is 17.6. The molecule has 158 valence electrons. The minimum atomic E-state index is -0.472. The van der Waals surface area contributed by atoms with E-state index in [-0.39, 0.29) is 18.4 Å². The molecule has 1 fully saturated rings. The van der Waals surface area contributed by atoms with Gasteiger partial charge in [-0.2, -0.15) is 0 Å². The summed E-state index contributed by atoms with van der Waals surface area (Å²) in [7, 11) is 0. The van der Waals surface area contributed by atoms with Crippen molar-refractivity contribution < 1.29 is 14.4 Å². The Hall–Kier alpha value is -2.90. The number of hydrazine groups is 1. The SMILES string of the molecule is Cc1ccccc1CC(=O)N1CCN(CC(=O)NNC(=O)c2ccccc2Cl)CC1. The summed E-state index contributed by atoms with van der Waals surface area (Å²) >= 11 is 5.97. The average Bonchev–Trinajstić information content (AvgIpc) is 2.74. The third kappa shape index (κ3) is 5.81. The Morgan fingerprint density at radius 1 is 0.933 bits per heavy atom. The van der Waals surface area contributed by atoms with E-state index in [1.165, 1.54) is 0 Å². The maximum absolute atomic E-state index is 12.6. The van der Waals surface area contributed by atoms with Crippen LogP contribution in [0.4, 0.5) is 0 Å². The van der Waals surface area contributed by atoms with Crippen molar-refractivity contribution in [3.63, 3.8) is 0 Å². The van der Waals surface area contributed by atoms with Crippen molar-refractivity contribution in [2.45, 2.75) is 13.3 Å². The van der Waals surface area contributed by atoms with Crippen molar-refractivity contribution in [3.05, 3.63) is 70.2 Å². The second-order valence-electron chi connectivity index (χ2n) is 7.24. The molecule has 0 spiro atoms. The van der Waals surface area contributed by atoms with E-state index in [9.17, 15) is 14.4 Å². The Morgan fingerprint density at radius 3 is 2.30 bits per heavy atom. The quantitative estimate of drug-likeness (QED) is 0.711. The predicted octanol–water partition coefficient (Wildman–Crippen LogP) is 1.80. The molecule has 2 aromatic carbocycles. The Labute approximate surface area is 181 Å². The summed E-state index contributed by atoms with van der Waals surface area (Å²) in [6.07, 6.45) is 0.390. The molecule has 1 heterocycles. The highest BCUT2D eigenvalue weighted by Crippen LogP contribution is 2.14. The smallest absolute Gasteiger partial charge is 0.271 e. The first-order valence-electron chi connectivity index (χ1n) is 9.82. The first-order chi connectivity index (χ1) is 14.4. The topological polar surface area (TPSA) is 81.8 Å². The van der Waals surface area contributed by atoms with Crippen LogP contribution >= 0.6 is 11.6 Å². The van der Waals surface area contributed by atoms with Crippen molar-refractivity contribution in [1.82, 2.24) is 20.7 Å².